The average Bonchev–Trinajstić information content (AvgIpc) is 3.03. The zero-order valence-corrected chi connectivity index (χ0v) is 11.1. The molecule has 3 aromatic rings. The maximum Gasteiger partial charge on any atom is 0.125 e. The van der Waals surface area contributed by atoms with Crippen LogP contribution in [0.5, 0.6) is 0 Å². The van der Waals surface area contributed by atoms with E-state index >= 15 is 0 Å². The molecule has 0 amide bonds. The van der Waals surface area contributed by atoms with Crippen LogP contribution >= 0.6 is 0 Å². The SMILES string of the molecule is c1ccc(C(=NCc2ccco2)c2ccccc2)cc1. The van der Waals surface area contributed by atoms with Gasteiger partial charge >= 0.3 is 0 Å². The van der Waals surface area contributed by atoms with Crippen molar-refractivity contribution >= 4 is 5.71 Å². The minimum atomic E-state index is 0.548. The van der Waals surface area contributed by atoms with Gasteiger partial charge in [0.05, 0.1) is 18.5 Å². The second-order valence-corrected chi connectivity index (χ2v) is 4.48. The minimum Gasteiger partial charge on any atom is -0.467 e. The van der Waals surface area contributed by atoms with Gasteiger partial charge in [-0.25, -0.2) is 0 Å². The van der Waals surface area contributed by atoms with Crippen molar-refractivity contribution in [2.45, 2.75) is 6.54 Å². The molecule has 0 aliphatic heterocycles. The van der Waals surface area contributed by atoms with Gasteiger partial charge in [0, 0.05) is 11.1 Å². The van der Waals surface area contributed by atoms with E-state index in [1.165, 1.54) is 0 Å². The Hall–Kier alpha value is -2.61. The molecule has 0 aliphatic rings. The maximum absolute atomic E-state index is 5.35. The Morgan fingerprint density at radius 3 is 1.85 bits per heavy atom. The minimum absolute atomic E-state index is 0.548. The molecule has 1 aromatic heterocycles. The topological polar surface area (TPSA) is 25.5 Å². The molecule has 20 heavy (non-hydrogen) atoms. The average molecular weight is 261 g/mol. The fourth-order valence-electron chi connectivity index (χ4n) is 2.10. The molecule has 2 heteroatoms. The largest absolute Gasteiger partial charge is 0.467 e. The van der Waals surface area contributed by atoms with Crippen molar-refractivity contribution in [1.82, 2.24) is 0 Å². The number of hydrogen-bond acceptors (Lipinski definition) is 2. The lowest BCUT2D eigenvalue weighted by Gasteiger charge is -2.07. The van der Waals surface area contributed by atoms with Crippen molar-refractivity contribution in [2.75, 3.05) is 0 Å². The first-order chi connectivity index (χ1) is 9.93. The van der Waals surface area contributed by atoms with Crippen LogP contribution in [0.2, 0.25) is 0 Å². The van der Waals surface area contributed by atoms with E-state index in [2.05, 4.69) is 24.3 Å². The lowest BCUT2D eigenvalue weighted by Crippen LogP contribution is -2.03. The Morgan fingerprint density at radius 1 is 0.750 bits per heavy atom. The van der Waals surface area contributed by atoms with Crippen LogP contribution in [0.4, 0.5) is 0 Å². The molecule has 98 valence electrons. The van der Waals surface area contributed by atoms with Gasteiger partial charge < -0.3 is 4.42 Å². The normalized spacial score (nSPS) is 10.2. The van der Waals surface area contributed by atoms with Gasteiger partial charge in [-0.15, -0.1) is 0 Å². The molecule has 0 aliphatic carbocycles. The molecule has 0 saturated carbocycles. The second kappa shape index (κ2) is 6.02. The molecule has 3 rings (SSSR count). The molecule has 0 spiro atoms. The molecular formula is C18H15NO. The predicted octanol–water partition coefficient (Wildman–Crippen LogP) is 4.32. The van der Waals surface area contributed by atoms with Crippen LogP contribution in [-0.4, -0.2) is 5.71 Å². The molecule has 0 bridgehead atoms. The van der Waals surface area contributed by atoms with Crippen molar-refractivity contribution < 1.29 is 4.42 Å². The molecular weight excluding hydrogens is 246 g/mol. The fraction of sp³-hybridized carbons (Fsp3) is 0.0556. The summed E-state index contributed by atoms with van der Waals surface area (Å²) in [4.78, 5) is 4.73. The molecule has 0 unspecified atom stereocenters. The number of nitrogens with zero attached hydrogens (tertiary/aromatic N) is 1. The highest BCUT2D eigenvalue weighted by atomic mass is 16.3. The van der Waals surface area contributed by atoms with Gasteiger partial charge in [0.15, 0.2) is 0 Å². The van der Waals surface area contributed by atoms with Crippen LogP contribution in [0.3, 0.4) is 0 Å². The molecule has 0 N–H and O–H groups in total. The van der Waals surface area contributed by atoms with Gasteiger partial charge in [0.2, 0.25) is 0 Å². The first kappa shape index (κ1) is 12.4. The quantitative estimate of drug-likeness (QED) is 0.642. The van der Waals surface area contributed by atoms with Gasteiger partial charge in [-0.05, 0) is 12.1 Å². The highest BCUT2D eigenvalue weighted by Crippen LogP contribution is 2.12. The number of benzene rings is 2. The van der Waals surface area contributed by atoms with Crippen molar-refractivity contribution in [3.05, 3.63) is 95.9 Å². The smallest absolute Gasteiger partial charge is 0.125 e. The Morgan fingerprint density at radius 2 is 1.35 bits per heavy atom. The number of rotatable bonds is 4. The number of hydrogen-bond donors (Lipinski definition) is 0. The van der Waals surface area contributed by atoms with E-state index in [1.54, 1.807) is 6.26 Å². The summed E-state index contributed by atoms with van der Waals surface area (Å²) < 4.78 is 5.35. The molecule has 2 aromatic carbocycles. The summed E-state index contributed by atoms with van der Waals surface area (Å²) >= 11 is 0. The van der Waals surface area contributed by atoms with Crippen molar-refractivity contribution in [1.29, 1.82) is 0 Å². The predicted molar refractivity (Wildman–Crippen MR) is 80.9 cm³/mol. The summed E-state index contributed by atoms with van der Waals surface area (Å²) in [5.41, 5.74) is 3.22. The van der Waals surface area contributed by atoms with E-state index in [4.69, 9.17) is 9.41 Å². The van der Waals surface area contributed by atoms with Gasteiger partial charge in [-0.2, -0.15) is 0 Å². The fourth-order valence-corrected chi connectivity index (χ4v) is 2.10. The summed E-state index contributed by atoms with van der Waals surface area (Å²) in [6.45, 7) is 0.548. The zero-order chi connectivity index (χ0) is 13.6. The molecule has 0 atom stereocenters. The summed E-state index contributed by atoms with van der Waals surface area (Å²) in [6.07, 6.45) is 1.68. The first-order valence-electron chi connectivity index (χ1n) is 6.61. The van der Waals surface area contributed by atoms with Crippen molar-refractivity contribution in [2.24, 2.45) is 4.99 Å². The highest BCUT2D eigenvalue weighted by molar-refractivity contribution is 6.12. The van der Waals surface area contributed by atoms with Crippen molar-refractivity contribution in [3.8, 4) is 0 Å². The Kier molecular flexibility index (Phi) is 3.74. The van der Waals surface area contributed by atoms with Gasteiger partial charge in [0.1, 0.15) is 5.76 Å². The van der Waals surface area contributed by atoms with Crippen molar-refractivity contribution in [3.63, 3.8) is 0 Å². The monoisotopic (exact) mass is 261 g/mol. The first-order valence-corrected chi connectivity index (χ1v) is 6.61. The lowest BCUT2D eigenvalue weighted by atomic mass is 10.0. The van der Waals surface area contributed by atoms with E-state index in [-0.39, 0.29) is 0 Å². The molecule has 0 radical (unpaired) electrons. The van der Waals surface area contributed by atoms with Crippen LogP contribution in [0.25, 0.3) is 0 Å². The van der Waals surface area contributed by atoms with E-state index in [1.807, 2.05) is 48.5 Å². The van der Waals surface area contributed by atoms with E-state index in [0.29, 0.717) is 6.54 Å². The van der Waals surface area contributed by atoms with Gasteiger partial charge in [-0.3, -0.25) is 4.99 Å². The molecule has 1 heterocycles. The number of aliphatic imine (C=N–C) groups is 1. The lowest BCUT2D eigenvalue weighted by molar-refractivity contribution is 0.513. The summed E-state index contributed by atoms with van der Waals surface area (Å²) in [7, 11) is 0. The highest BCUT2D eigenvalue weighted by Gasteiger charge is 2.06. The summed E-state index contributed by atoms with van der Waals surface area (Å²) in [6, 6.07) is 24.3. The van der Waals surface area contributed by atoms with E-state index in [0.717, 1.165) is 22.6 Å². The molecule has 0 saturated heterocycles. The van der Waals surface area contributed by atoms with Crippen LogP contribution in [0.1, 0.15) is 16.9 Å². The van der Waals surface area contributed by atoms with Gasteiger partial charge in [-0.1, -0.05) is 60.7 Å². The third-order valence-corrected chi connectivity index (χ3v) is 3.07. The maximum atomic E-state index is 5.35. The second-order valence-electron chi connectivity index (χ2n) is 4.48. The van der Waals surface area contributed by atoms with Crippen LogP contribution < -0.4 is 0 Å². The van der Waals surface area contributed by atoms with Crippen LogP contribution in [0.15, 0.2) is 88.5 Å². The summed E-state index contributed by atoms with van der Waals surface area (Å²) in [5.74, 6) is 0.870. The Bertz CT molecular complexity index is 628. The Balaban J connectivity index is 1.98. The zero-order valence-electron chi connectivity index (χ0n) is 11.1. The standard InChI is InChI=1S/C18H15NO/c1-3-8-15(9-4-1)18(16-10-5-2-6-11-16)19-14-17-12-7-13-20-17/h1-13H,14H2. The van der Waals surface area contributed by atoms with Crippen LogP contribution in [0, 0.1) is 0 Å². The number of furan rings is 1. The van der Waals surface area contributed by atoms with Crippen LogP contribution in [-0.2, 0) is 6.54 Å². The van der Waals surface area contributed by atoms with Gasteiger partial charge in [0.25, 0.3) is 0 Å². The summed E-state index contributed by atoms with van der Waals surface area (Å²) in [5, 5.41) is 0. The van der Waals surface area contributed by atoms with E-state index in [9.17, 15) is 0 Å². The third-order valence-electron chi connectivity index (χ3n) is 3.07. The molecule has 2 nitrogen and oxygen atoms in total. The van der Waals surface area contributed by atoms with E-state index < -0.39 is 0 Å². The Labute approximate surface area is 118 Å². The molecule has 0 fully saturated rings. The third kappa shape index (κ3) is 2.86.